The summed E-state index contributed by atoms with van der Waals surface area (Å²) in [5, 5.41) is 8.53. The van der Waals surface area contributed by atoms with E-state index in [0.29, 0.717) is 12.0 Å². The number of hydrogen-bond donors (Lipinski definition) is 1. The Morgan fingerprint density at radius 1 is 1.18 bits per heavy atom. The van der Waals surface area contributed by atoms with Gasteiger partial charge in [-0.25, -0.2) is 0 Å². The van der Waals surface area contributed by atoms with Crippen LogP contribution in [0.5, 0.6) is 0 Å². The normalized spacial score (nSPS) is 19.8. The molecule has 4 nitrogen and oxygen atoms in total. The molecule has 2 rings (SSSR count). The summed E-state index contributed by atoms with van der Waals surface area (Å²) >= 11 is 0. The molecule has 0 aromatic carbocycles. The molecule has 0 radical (unpaired) electrons. The molecule has 0 amide bonds. The fourth-order valence-electron chi connectivity index (χ4n) is 2.70. The summed E-state index contributed by atoms with van der Waals surface area (Å²) in [6, 6.07) is 0.566. The van der Waals surface area contributed by atoms with E-state index in [-0.39, 0.29) is 6.04 Å². The number of nitrogens with two attached hydrogens (primary N) is 1. The third kappa shape index (κ3) is 2.51. The smallest absolute Gasteiger partial charge is 0.150 e. The largest absolute Gasteiger partial charge is 0.321 e. The highest BCUT2D eigenvalue weighted by molar-refractivity contribution is 5.03. The molecule has 4 heteroatoms. The van der Waals surface area contributed by atoms with Gasteiger partial charge in [0.05, 0.1) is 6.04 Å². The Hall–Kier alpha value is -0.900. The Bertz CT molecular complexity index is 363. The minimum Gasteiger partial charge on any atom is -0.321 e. The van der Waals surface area contributed by atoms with Crippen LogP contribution in [-0.4, -0.2) is 14.8 Å². The van der Waals surface area contributed by atoms with Gasteiger partial charge in [0, 0.05) is 6.04 Å². The maximum Gasteiger partial charge on any atom is 0.150 e. The van der Waals surface area contributed by atoms with Crippen molar-refractivity contribution < 1.29 is 0 Å². The summed E-state index contributed by atoms with van der Waals surface area (Å²) in [6.07, 6.45) is 6.49. The average molecular weight is 236 g/mol. The van der Waals surface area contributed by atoms with Crippen LogP contribution in [0.25, 0.3) is 0 Å². The van der Waals surface area contributed by atoms with E-state index in [1.54, 1.807) is 0 Å². The molecule has 0 saturated heterocycles. The van der Waals surface area contributed by atoms with Crippen molar-refractivity contribution in [3.8, 4) is 0 Å². The molecule has 0 bridgehead atoms. The monoisotopic (exact) mass is 236 g/mol. The standard InChI is InChI=1S/C13H24N4/c1-9(2)12(14)13-16-15-10(3)17(13)11-7-5-4-6-8-11/h9,11-12H,4-8,14H2,1-3H3/t12-/m0/s1. The summed E-state index contributed by atoms with van der Waals surface area (Å²) in [7, 11) is 0. The minimum absolute atomic E-state index is 0.00173. The van der Waals surface area contributed by atoms with Crippen LogP contribution in [0.4, 0.5) is 0 Å². The van der Waals surface area contributed by atoms with Gasteiger partial charge in [0.15, 0.2) is 0 Å². The van der Waals surface area contributed by atoms with E-state index in [1.807, 2.05) is 6.92 Å². The quantitative estimate of drug-likeness (QED) is 0.878. The Kier molecular flexibility index (Phi) is 3.82. The zero-order valence-electron chi connectivity index (χ0n) is 11.2. The zero-order chi connectivity index (χ0) is 12.4. The topological polar surface area (TPSA) is 56.7 Å². The molecule has 1 heterocycles. The Balaban J connectivity index is 2.28. The van der Waals surface area contributed by atoms with Crippen LogP contribution in [0.15, 0.2) is 0 Å². The first-order chi connectivity index (χ1) is 8.11. The molecule has 1 saturated carbocycles. The molecule has 0 aliphatic heterocycles. The molecule has 0 spiro atoms. The van der Waals surface area contributed by atoms with Crippen LogP contribution in [0.1, 0.15) is 69.7 Å². The van der Waals surface area contributed by atoms with Crippen LogP contribution < -0.4 is 5.73 Å². The Morgan fingerprint density at radius 3 is 2.41 bits per heavy atom. The van der Waals surface area contributed by atoms with Gasteiger partial charge in [-0.1, -0.05) is 33.1 Å². The summed E-state index contributed by atoms with van der Waals surface area (Å²) in [5.74, 6) is 2.40. The lowest BCUT2D eigenvalue weighted by Gasteiger charge is -2.27. The minimum atomic E-state index is -0.00173. The van der Waals surface area contributed by atoms with Gasteiger partial charge in [-0.15, -0.1) is 10.2 Å². The summed E-state index contributed by atoms with van der Waals surface area (Å²) in [4.78, 5) is 0. The van der Waals surface area contributed by atoms with E-state index < -0.39 is 0 Å². The van der Waals surface area contributed by atoms with Crippen molar-refractivity contribution in [1.82, 2.24) is 14.8 Å². The van der Waals surface area contributed by atoms with Crippen molar-refractivity contribution in [3.05, 3.63) is 11.6 Å². The van der Waals surface area contributed by atoms with Crippen LogP contribution in [0.2, 0.25) is 0 Å². The molecule has 1 aromatic rings. The van der Waals surface area contributed by atoms with Gasteiger partial charge >= 0.3 is 0 Å². The van der Waals surface area contributed by atoms with Gasteiger partial charge in [0.1, 0.15) is 11.6 Å². The summed E-state index contributed by atoms with van der Waals surface area (Å²) in [5.41, 5.74) is 6.24. The molecule has 1 aromatic heterocycles. The van der Waals surface area contributed by atoms with E-state index in [9.17, 15) is 0 Å². The Labute approximate surface area is 104 Å². The van der Waals surface area contributed by atoms with Crippen LogP contribution in [0.3, 0.4) is 0 Å². The van der Waals surface area contributed by atoms with E-state index in [1.165, 1.54) is 32.1 Å². The molecule has 1 atom stereocenters. The second-order valence-corrected chi connectivity index (χ2v) is 5.54. The van der Waals surface area contributed by atoms with E-state index in [0.717, 1.165) is 11.6 Å². The number of aromatic nitrogens is 3. The highest BCUT2D eigenvalue weighted by atomic mass is 15.3. The maximum absolute atomic E-state index is 6.24. The van der Waals surface area contributed by atoms with Crippen LogP contribution >= 0.6 is 0 Å². The van der Waals surface area contributed by atoms with Crippen molar-refractivity contribution in [3.63, 3.8) is 0 Å². The molecule has 17 heavy (non-hydrogen) atoms. The molecule has 1 aliphatic rings. The van der Waals surface area contributed by atoms with Gasteiger partial charge < -0.3 is 10.3 Å². The predicted molar refractivity (Wildman–Crippen MR) is 68.6 cm³/mol. The first-order valence-electron chi connectivity index (χ1n) is 6.78. The van der Waals surface area contributed by atoms with Gasteiger partial charge in [-0.3, -0.25) is 0 Å². The number of hydrogen-bond acceptors (Lipinski definition) is 3. The molecule has 96 valence electrons. The second kappa shape index (κ2) is 5.17. The molecular weight excluding hydrogens is 212 g/mol. The zero-order valence-corrected chi connectivity index (χ0v) is 11.2. The lowest BCUT2D eigenvalue weighted by Crippen LogP contribution is -2.25. The third-order valence-electron chi connectivity index (χ3n) is 3.85. The first kappa shape index (κ1) is 12.6. The fraction of sp³-hybridized carbons (Fsp3) is 0.846. The fourth-order valence-corrected chi connectivity index (χ4v) is 2.70. The first-order valence-corrected chi connectivity index (χ1v) is 6.78. The highest BCUT2D eigenvalue weighted by Crippen LogP contribution is 2.31. The van der Waals surface area contributed by atoms with Gasteiger partial charge in [-0.05, 0) is 25.7 Å². The average Bonchev–Trinajstić information content (AvgIpc) is 2.71. The number of nitrogens with zero attached hydrogens (tertiary/aromatic N) is 3. The lowest BCUT2D eigenvalue weighted by atomic mass is 9.94. The van der Waals surface area contributed by atoms with Crippen molar-refractivity contribution in [2.45, 2.75) is 65.0 Å². The number of aryl methyl sites for hydroxylation is 1. The molecular formula is C13H24N4. The predicted octanol–water partition coefficient (Wildman–Crippen LogP) is 2.75. The Morgan fingerprint density at radius 2 is 1.82 bits per heavy atom. The summed E-state index contributed by atoms with van der Waals surface area (Å²) < 4.78 is 2.30. The van der Waals surface area contributed by atoms with Crippen molar-refractivity contribution in [2.24, 2.45) is 11.7 Å². The van der Waals surface area contributed by atoms with E-state index in [4.69, 9.17) is 5.73 Å². The van der Waals surface area contributed by atoms with Gasteiger partial charge in [0.2, 0.25) is 0 Å². The van der Waals surface area contributed by atoms with Gasteiger partial charge in [0.25, 0.3) is 0 Å². The van der Waals surface area contributed by atoms with Crippen LogP contribution in [0, 0.1) is 12.8 Å². The van der Waals surface area contributed by atoms with E-state index in [2.05, 4.69) is 28.6 Å². The SMILES string of the molecule is Cc1nnc([C@@H](N)C(C)C)n1C1CCCCC1. The van der Waals surface area contributed by atoms with Crippen LogP contribution in [-0.2, 0) is 0 Å². The molecule has 0 unspecified atom stereocenters. The maximum atomic E-state index is 6.24. The molecule has 1 fully saturated rings. The van der Waals surface area contributed by atoms with Crippen molar-refractivity contribution in [2.75, 3.05) is 0 Å². The lowest BCUT2D eigenvalue weighted by molar-refractivity contribution is 0.327. The van der Waals surface area contributed by atoms with Gasteiger partial charge in [-0.2, -0.15) is 0 Å². The summed E-state index contributed by atoms with van der Waals surface area (Å²) in [6.45, 7) is 6.32. The third-order valence-corrected chi connectivity index (χ3v) is 3.85. The van der Waals surface area contributed by atoms with Crippen molar-refractivity contribution in [1.29, 1.82) is 0 Å². The number of rotatable bonds is 3. The molecule has 2 N–H and O–H groups in total. The highest BCUT2D eigenvalue weighted by Gasteiger charge is 2.25. The second-order valence-electron chi connectivity index (χ2n) is 5.54. The van der Waals surface area contributed by atoms with Crippen molar-refractivity contribution >= 4 is 0 Å². The molecule has 1 aliphatic carbocycles. The van der Waals surface area contributed by atoms with E-state index >= 15 is 0 Å².